The van der Waals surface area contributed by atoms with Gasteiger partial charge in [-0.05, 0) is 43.5 Å². The van der Waals surface area contributed by atoms with E-state index in [-0.39, 0.29) is 23.6 Å². The lowest BCUT2D eigenvalue weighted by Gasteiger charge is -2.31. The van der Waals surface area contributed by atoms with Gasteiger partial charge in [0.05, 0.1) is 5.75 Å². The van der Waals surface area contributed by atoms with E-state index in [1.165, 1.54) is 18.2 Å². The molecule has 0 aliphatic heterocycles. The minimum atomic E-state index is -0.563. The van der Waals surface area contributed by atoms with Gasteiger partial charge in [0.15, 0.2) is 0 Å². The third kappa shape index (κ3) is 6.51. The largest absolute Gasteiger partial charge is 0.352 e. The van der Waals surface area contributed by atoms with Gasteiger partial charge in [0.25, 0.3) is 0 Å². The van der Waals surface area contributed by atoms with Crippen LogP contribution in [0.3, 0.4) is 0 Å². The smallest absolute Gasteiger partial charge is 0.242 e. The van der Waals surface area contributed by atoms with E-state index >= 15 is 0 Å². The van der Waals surface area contributed by atoms with E-state index < -0.39 is 6.04 Å². The molecule has 1 atom stereocenters. The number of nitrogens with one attached hydrogen (secondary N) is 1. The first-order chi connectivity index (χ1) is 14.5. The maximum absolute atomic E-state index is 13.2. The first-order valence-corrected chi connectivity index (χ1v) is 11.9. The summed E-state index contributed by atoms with van der Waals surface area (Å²) in [4.78, 5) is 28.8. The van der Waals surface area contributed by atoms with Crippen LogP contribution in [-0.2, 0) is 16.1 Å². The summed E-state index contributed by atoms with van der Waals surface area (Å²) < 4.78 is 0. The Morgan fingerprint density at radius 1 is 1.07 bits per heavy atom. The Bertz CT molecular complexity index is 840. The molecule has 1 saturated carbocycles. The van der Waals surface area contributed by atoms with E-state index in [0.717, 1.165) is 36.1 Å². The van der Waals surface area contributed by atoms with Crippen LogP contribution in [0, 0.1) is 0 Å². The maximum Gasteiger partial charge on any atom is 0.242 e. The number of thioether (sulfide) groups is 1. The Morgan fingerprint density at radius 2 is 1.73 bits per heavy atom. The zero-order chi connectivity index (χ0) is 21.3. The molecule has 30 heavy (non-hydrogen) atoms. The van der Waals surface area contributed by atoms with Crippen LogP contribution in [0.2, 0.25) is 5.02 Å². The van der Waals surface area contributed by atoms with Crippen molar-refractivity contribution in [3.63, 3.8) is 0 Å². The molecule has 2 aromatic rings. The predicted octanol–water partition coefficient (Wildman–Crippen LogP) is 5.30. The number of hydrogen-bond acceptors (Lipinski definition) is 3. The fourth-order valence-electron chi connectivity index (χ4n) is 3.71. The fraction of sp³-hybridized carbons (Fsp3) is 0.417. The molecular weight excluding hydrogens is 416 g/mol. The van der Waals surface area contributed by atoms with Crippen molar-refractivity contribution in [2.45, 2.75) is 62.6 Å². The Hall–Kier alpha value is -1.98. The van der Waals surface area contributed by atoms with Gasteiger partial charge < -0.3 is 10.2 Å². The van der Waals surface area contributed by atoms with Gasteiger partial charge in [-0.3, -0.25) is 9.59 Å². The molecule has 3 rings (SSSR count). The van der Waals surface area contributed by atoms with E-state index in [4.69, 9.17) is 11.6 Å². The van der Waals surface area contributed by atoms with Crippen LogP contribution in [0.4, 0.5) is 0 Å². The minimum Gasteiger partial charge on any atom is -0.352 e. The Labute approximate surface area is 188 Å². The van der Waals surface area contributed by atoms with Gasteiger partial charge in [0, 0.05) is 22.5 Å². The monoisotopic (exact) mass is 444 g/mol. The van der Waals surface area contributed by atoms with Gasteiger partial charge in [-0.25, -0.2) is 0 Å². The molecule has 0 spiro atoms. The number of halogens is 1. The van der Waals surface area contributed by atoms with Crippen molar-refractivity contribution in [3.8, 4) is 0 Å². The summed E-state index contributed by atoms with van der Waals surface area (Å²) in [6.45, 7) is 2.12. The van der Waals surface area contributed by atoms with Crippen molar-refractivity contribution in [2.24, 2.45) is 0 Å². The van der Waals surface area contributed by atoms with E-state index in [2.05, 4.69) is 5.32 Å². The first kappa shape index (κ1) is 22.7. The molecule has 2 aromatic carbocycles. The van der Waals surface area contributed by atoms with Crippen LogP contribution < -0.4 is 5.32 Å². The highest BCUT2D eigenvalue weighted by Gasteiger charge is 2.28. The van der Waals surface area contributed by atoms with Crippen molar-refractivity contribution in [3.05, 3.63) is 65.2 Å². The van der Waals surface area contributed by atoms with Crippen LogP contribution in [0.25, 0.3) is 0 Å². The van der Waals surface area contributed by atoms with Crippen LogP contribution >= 0.6 is 23.4 Å². The summed E-state index contributed by atoms with van der Waals surface area (Å²) in [6.07, 6.45) is 5.56. The lowest BCUT2D eigenvalue weighted by molar-refractivity contribution is -0.139. The molecular formula is C24H29ClN2O2S. The normalized spacial score (nSPS) is 15.4. The summed E-state index contributed by atoms with van der Waals surface area (Å²) in [7, 11) is 0. The Kier molecular flexibility index (Phi) is 8.64. The molecule has 1 fully saturated rings. The average Bonchev–Trinajstić information content (AvgIpc) is 2.78. The molecule has 1 aliphatic carbocycles. The second kappa shape index (κ2) is 11.4. The zero-order valence-corrected chi connectivity index (χ0v) is 18.9. The van der Waals surface area contributed by atoms with Crippen molar-refractivity contribution >= 4 is 35.2 Å². The van der Waals surface area contributed by atoms with E-state index in [0.29, 0.717) is 11.6 Å². The van der Waals surface area contributed by atoms with E-state index in [9.17, 15) is 9.59 Å². The van der Waals surface area contributed by atoms with Crippen molar-refractivity contribution in [2.75, 3.05) is 5.75 Å². The lowest BCUT2D eigenvalue weighted by Crippen LogP contribution is -2.50. The number of amides is 2. The standard InChI is InChI=1S/C24H29ClN2O2S/c1-18(24(29)26-20-11-4-2-5-12-20)27(16-19-10-8-9-15-22(19)25)23(28)17-30-21-13-6-3-7-14-21/h3,6-10,13-15,18,20H,2,4-5,11-12,16-17H2,1H3,(H,26,29). The molecule has 0 heterocycles. The Balaban J connectivity index is 1.71. The molecule has 6 heteroatoms. The molecule has 1 N–H and O–H groups in total. The van der Waals surface area contributed by atoms with Gasteiger partial charge >= 0.3 is 0 Å². The van der Waals surface area contributed by atoms with Crippen LogP contribution in [0.5, 0.6) is 0 Å². The molecule has 1 unspecified atom stereocenters. The van der Waals surface area contributed by atoms with Gasteiger partial charge in [0.2, 0.25) is 11.8 Å². The number of benzene rings is 2. The third-order valence-electron chi connectivity index (χ3n) is 5.52. The second-order valence-corrected chi connectivity index (χ2v) is 9.19. The summed E-state index contributed by atoms with van der Waals surface area (Å²) in [5.74, 6) is 0.109. The van der Waals surface area contributed by atoms with Crippen molar-refractivity contribution in [1.82, 2.24) is 10.2 Å². The molecule has 0 bridgehead atoms. The number of rotatable bonds is 8. The minimum absolute atomic E-state index is 0.0740. The molecule has 0 radical (unpaired) electrons. The highest BCUT2D eigenvalue weighted by Crippen LogP contribution is 2.23. The topological polar surface area (TPSA) is 49.4 Å². The SMILES string of the molecule is CC(C(=O)NC1CCCCC1)N(Cc1ccccc1Cl)C(=O)CSc1ccccc1. The summed E-state index contributed by atoms with van der Waals surface area (Å²) in [6, 6.07) is 16.9. The summed E-state index contributed by atoms with van der Waals surface area (Å²) in [5.41, 5.74) is 0.842. The van der Waals surface area contributed by atoms with Crippen molar-refractivity contribution in [1.29, 1.82) is 0 Å². The Morgan fingerprint density at radius 3 is 2.43 bits per heavy atom. The van der Waals surface area contributed by atoms with Crippen molar-refractivity contribution < 1.29 is 9.59 Å². The second-order valence-electron chi connectivity index (χ2n) is 7.73. The summed E-state index contributed by atoms with van der Waals surface area (Å²) >= 11 is 7.82. The highest BCUT2D eigenvalue weighted by molar-refractivity contribution is 8.00. The van der Waals surface area contributed by atoms with Gasteiger partial charge in [-0.2, -0.15) is 0 Å². The van der Waals surface area contributed by atoms with Crippen LogP contribution in [0.15, 0.2) is 59.5 Å². The number of nitrogens with zero attached hydrogens (tertiary/aromatic N) is 1. The quantitative estimate of drug-likeness (QED) is 0.562. The fourth-order valence-corrected chi connectivity index (χ4v) is 4.71. The van der Waals surface area contributed by atoms with Gasteiger partial charge in [-0.15, -0.1) is 11.8 Å². The molecule has 4 nitrogen and oxygen atoms in total. The third-order valence-corrected chi connectivity index (χ3v) is 6.89. The number of hydrogen-bond donors (Lipinski definition) is 1. The number of carbonyl (C=O) groups excluding carboxylic acids is 2. The molecule has 0 saturated heterocycles. The first-order valence-electron chi connectivity index (χ1n) is 10.6. The maximum atomic E-state index is 13.2. The van der Waals surface area contributed by atoms with Gasteiger partial charge in [-0.1, -0.05) is 67.3 Å². The summed E-state index contributed by atoms with van der Waals surface area (Å²) in [5, 5.41) is 3.76. The molecule has 0 aromatic heterocycles. The molecule has 160 valence electrons. The molecule has 2 amide bonds. The van der Waals surface area contributed by atoms with E-state index in [1.54, 1.807) is 11.8 Å². The zero-order valence-electron chi connectivity index (χ0n) is 17.4. The highest BCUT2D eigenvalue weighted by atomic mass is 35.5. The number of carbonyl (C=O) groups is 2. The average molecular weight is 445 g/mol. The van der Waals surface area contributed by atoms with Crippen LogP contribution in [-0.4, -0.2) is 34.6 Å². The lowest BCUT2D eigenvalue weighted by atomic mass is 9.95. The van der Waals surface area contributed by atoms with E-state index in [1.807, 2.05) is 54.6 Å². The van der Waals surface area contributed by atoms with Crippen LogP contribution in [0.1, 0.15) is 44.6 Å². The predicted molar refractivity (Wildman–Crippen MR) is 124 cm³/mol. The molecule has 1 aliphatic rings. The van der Waals surface area contributed by atoms with Gasteiger partial charge in [0.1, 0.15) is 6.04 Å².